The largest absolute Gasteiger partial charge is 0.401 e. The van der Waals surface area contributed by atoms with Crippen LogP contribution in [-0.4, -0.2) is 64.2 Å². The van der Waals surface area contributed by atoms with Gasteiger partial charge in [0.1, 0.15) is 9.88 Å². The monoisotopic (exact) mass is 459 g/mol. The Balaban J connectivity index is 1.34. The zero-order valence-corrected chi connectivity index (χ0v) is 19.4. The summed E-state index contributed by atoms with van der Waals surface area (Å²) in [6.07, 6.45) is 0. The molecular weight excluding hydrogens is 434 g/mol. The maximum Gasteiger partial charge on any atom is 0.346 e. The minimum Gasteiger partial charge on any atom is -0.401 e. The predicted octanol–water partition coefficient (Wildman–Crippen LogP) is 4.03. The van der Waals surface area contributed by atoms with Gasteiger partial charge in [0.15, 0.2) is 0 Å². The van der Waals surface area contributed by atoms with E-state index in [9.17, 15) is 0 Å². The Labute approximate surface area is 196 Å². The van der Waals surface area contributed by atoms with Gasteiger partial charge in [-0.1, -0.05) is 59.7 Å². The molecule has 0 unspecified atom stereocenters. The van der Waals surface area contributed by atoms with E-state index in [1.165, 1.54) is 22.5 Å². The number of likely N-dealkylation sites (N-methyl/N-ethyl adjacent to an activating group) is 1. The zero-order chi connectivity index (χ0) is 22.8. The van der Waals surface area contributed by atoms with E-state index in [-0.39, 0.29) is 6.01 Å². The second-order valence-electron chi connectivity index (χ2n) is 8.03. The normalized spacial score (nSPS) is 15.2. The summed E-state index contributed by atoms with van der Waals surface area (Å²) in [5, 5.41) is 9.16. The highest BCUT2D eigenvalue weighted by Crippen LogP contribution is 2.36. The van der Waals surface area contributed by atoms with Crippen molar-refractivity contribution >= 4 is 23.3 Å². The first-order valence-corrected chi connectivity index (χ1v) is 11.6. The summed E-state index contributed by atoms with van der Waals surface area (Å²) in [6.45, 7) is 5.49. The number of nitrogens with zero attached hydrogens (tertiary/aromatic N) is 6. The first kappa shape index (κ1) is 21.3. The van der Waals surface area contributed by atoms with Crippen molar-refractivity contribution < 1.29 is 4.42 Å². The lowest BCUT2D eigenvalue weighted by atomic mass is 10.0. The molecule has 5 rings (SSSR count). The van der Waals surface area contributed by atoms with E-state index in [0.29, 0.717) is 11.9 Å². The quantitative estimate of drug-likeness (QED) is 0.363. The number of aliphatic imine (C=N–C) groups is 1. The van der Waals surface area contributed by atoms with Crippen LogP contribution in [0.1, 0.15) is 5.69 Å². The lowest BCUT2D eigenvalue weighted by Crippen LogP contribution is -2.49. The number of rotatable bonds is 4. The number of guanidine groups is 1. The number of nitrogens with two attached hydrogens (primary N) is 1. The number of benzene rings is 2. The van der Waals surface area contributed by atoms with Crippen molar-refractivity contribution in [2.24, 2.45) is 10.7 Å². The lowest BCUT2D eigenvalue weighted by Gasteiger charge is -2.32. The third-order valence-corrected chi connectivity index (χ3v) is 6.88. The van der Waals surface area contributed by atoms with E-state index < -0.39 is 0 Å². The maximum atomic E-state index is 6.16. The van der Waals surface area contributed by atoms with Crippen LogP contribution in [0, 0.1) is 6.92 Å². The van der Waals surface area contributed by atoms with Gasteiger partial charge in [-0.25, -0.2) is 4.98 Å². The van der Waals surface area contributed by atoms with Crippen LogP contribution in [-0.2, 0) is 0 Å². The van der Waals surface area contributed by atoms with E-state index in [1.807, 2.05) is 30.0 Å². The first-order valence-electron chi connectivity index (χ1n) is 10.8. The van der Waals surface area contributed by atoms with E-state index in [2.05, 4.69) is 63.5 Å². The SMILES string of the molecule is Cc1nc(-c2ccc(-c3ccccc3)cc2)sc1-c1nnc(N=C(N)N2CCN(C)CC2)o1. The van der Waals surface area contributed by atoms with Crippen molar-refractivity contribution in [3.63, 3.8) is 0 Å². The number of hydrogen-bond acceptors (Lipinski definition) is 7. The first-order chi connectivity index (χ1) is 16.1. The molecule has 1 saturated heterocycles. The van der Waals surface area contributed by atoms with Crippen molar-refractivity contribution in [3.8, 4) is 32.5 Å². The maximum absolute atomic E-state index is 6.16. The number of aryl methyl sites for hydroxylation is 1. The molecule has 33 heavy (non-hydrogen) atoms. The third kappa shape index (κ3) is 4.64. The topological polar surface area (TPSA) is 96.7 Å². The summed E-state index contributed by atoms with van der Waals surface area (Å²) in [4.78, 5) is 14.2. The molecule has 2 aromatic carbocycles. The fraction of sp³-hybridized carbons (Fsp3) is 0.250. The zero-order valence-electron chi connectivity index (χ0n) is 18.6. The molecule has 168 valence electrons. The molecule has 0 aliphatic carbocycles. The van der Waals surface area contributed by atoms with E-state index in [4.69, 9.17) is 15.1 Å². The fourth-order valence-electron chi connectivity index (χ4n) is 3.71. The predicted molar refractivity (Wildman–Crippen MR) is 131 cm³/mol. The van der Waals surface area contributed by atoms with Gasteiger partial charge in [-0.05, 0) is 25.1 Å². The number of aromatic nitrogens is 3. The Kier molecular flexibility index (Phi) is 5.89. The molecule has 1 aliphatic heterocycles. The van der Waals surface area contributed by atoms with Gasteiger partial charge in [0, 0.05) is 31.7 Å². The van der Waals surface area contributed by atoms with Gasteiger partial charge in [0.25, 0.3) is 5.89 Å². The van der Waals surface area contributed by atoms with E-state index >= 15 is 0 Å². The molecule has 0 spiro atoms. The summed E-state index contributed by atoms with van der Waals surface area (Å²) in [6, 6.07) is 18.9. The Hall–Kier alpha value is -3.56. The molecule has 0 atom stereocenters. The molecule has 4 aromatic rings. The number of thiazole rings is 1. The summed E-state index contributed by atoms with van der Waals surface area (Å²) in [7, 11) is 2.10. The van der Waals surface area contributed by atoms with Gasteiger partial charge in [0.2, 0.25) is 5.96 Å². The van der Waals surface area contributed by atoms with Crippen LogP contribution in [0.4, 0.5) is 6.01 Å². The van der Waals surface area contributed by atoms with Crippen molar-refractivity contribution in [1.29, 1.82) is 0 Å². The van der Waals surface area contributed by atoms with Crippen molar-refractivity contribution in [2.45, 2.75) is 6.92 Å². The van der Waals surface area contributed by atoms with E-state index in [1.54, 1.807) is 0 Å². The second kappa shape index (κ2) is 9.13. The van der Waals surface area contributed by atoms with Crippen LogP contribution in [0.25, 0.3) is 32.5 Å². The van der Waals surface area contributed by atoms with Gasteiger partial charge in [0.05, 0.1) is 5.69 Å². The van der Waals surface area contributed by atoms with Crippen LogP contribution in [0.5, 0.6) is 0 Å². The third-order valence-electron chi connectivity index (χ3n) is 5.68. The Morgan fingerprint density at radius 2 is 1.61 bits per heavy atom. The highest BCUT2D eigenvalue weighted by atomic mass is 32.1. The molecule has 3 heterocycles. The summed E-state index contributed by atoms with van der Waals surface area (Å²) >= 11 is 1.52. The fourth-order valence-corrected chi connectivity index (χ4v) is 4.70. The highest BCUT2D eigenvalue weighted by Gasteiger charge is 2.19. The Morgan fingerprint density at radius 1 is 0.939 bits per heavy atom. The minimum absolute atomic E-state index is 0.156. The molecule has 0 amide bonds. The van der Waals surface area contributed by atoms with Gasteiger partial charge in [-0.3, -0.25) is 0 Å². The van der Waals surface area contributed by atoms with Crippen molar-refractivity contribution in [3.05, 3.63) is 60.3 Å². The number of hydrogen-bond donors (Lipinski definition) is 1. The molecule has 0 bridgehead atoms. The molecule has 2 aromatic heterocycles. The van der Waals surface area contributed by atoms with Crippen LogP contribution < -0.4 is 5.73 Å². The smallest absolute Gasteiger partial charge is 0.346 e. The lowest BCUT2D eigenvalue weighted by molar-refractivity contribution is 0.214. The second-order valence-corrected chi connectivity index (χ2v) is 9.03. The molecule has 0 saturated carbocycles. The molecule has 0 radical (unpaired) electrons. The van der Waals surface area contributed by atoms with Crippen LogP contribution in [0.15, 0.2) is 64.0 Å². The average Bonchev–Trinajstić information content (AvgIpc) is 3.46. The molecule has 9 heteroatoms. The molecule has 2 N–H and O–H groups in total. The van der Waals surface area contributed by atoms with Gasteiger partial charge in [-0.2, -0.15) is 4.99 Å². The van der Waals surface area contributed by atoms with Crippen LogP contribution in [0.3, 0.4) is 0 Å². The average molecular weight is 460 g/mol. The molecule has 1 aliphatic rings. The molecule has 8 nitrogen and oxygen atoms in total. The van der Waals surface area contributed by atoms with Crippen molar-refractivity contribution in [2.75, 3.05) is 33.2 Å². The summed E-state index contributed by atoms with van der Waals surface area (Å²) < 4.78 is 5.80. The highest BCUT2D eigenvalue weighted by molar-refractivity contribution is 7.18. The van der Waals surface area contributed by atoms with Crippen LogP contribution in [0.2, 0.25) is 0 Å². The summed E-state index contributed by atoms with van der Waals surface area (Å²) in [5.41, 5.74) is 10.4. The standard InChI is InChI=1S/C24H25N7OS/c1-16-20(21-28-29-24(32-21)27-23(25)31-14-12-30(2)13-15-31)33-22(26-16)19-10-8-18(9-11-19)17-6-4-3-5-7-17/h3-11H,12-15H2,1-2H3,(H2,25,27,29). The number of piperazine rings is 1. The Morgan fingerprint density at radius 3 is 2.33 bits per heavy atom. The van der Waals surface area contributed by atoms with Crippen LogP contribution >= 0.6 is 11.3 Å². The Bertz CT molecular complexity index is 1260. The van der Waals surface area contributed by atoms with Crippen molar-refractivity contribution in [1.82, 2.24) is 25.0 Å². The molecular formula is C24H25N7OS. The minimum atomic E-state index is 0.156. The van der Waals surface area contributed by atoms with Gasteiger partial charge < -0.3 is 20.0 Å². The van der Waals surface area contributed by atoms with E-state index in [0.717, 1.165) is 47.3 Å². The summed E-state index contributed by atoms with van der Waals surface area (Å²) in [5.74, 6) is 0.806. The van der Waals surface area contributed by atoms with Gasteiger partial charge >= 0.3 is 6.01 Å². The van der Waals surface area contributed by atoms with Gasteiger partial charge in [-0.15, -0.1) is 16.4 Å². The molecule has 1 fully saturated rings.